The molecule has 6 nitrogen and oxygen atoms in total. The van der Waals surface area contributed by atoms with Crippen LogP contribution in [-0.4, -0.2) is 25.7 Å². The van der Waals surface area contributed by atoms with Gasteiger partial charge in [0.2, 0.25) is 0 Å². The molecule has 4 aromatic rings. The Morgan fingerprint density at radius 2 is 2.08 bits per heavy atom. The van der Waals surface area contributed by atoms with E-state index in [4.69, 9.17) is 11.6 Å². The molecule has 0 aliphatic carbocycles. The summed E-state index contributed by atoms with van der Waals surface area (Å²) in [5.41, 5.74) is 1.94. The van der Waals surface area contributed by atoms with Gasteiger partial charge in [-0.3, -0.25) is 19.4 Å². The Hall–Kier alpha value is -2.77. The van der Waals surface area contributed by atoms with Crippen LogP contribution in [0.4, 0.5) is 5.13 Å². The maximum Gasteiger partial charge on any atom is 0.278 e. The van der Waals surface area contributed by atoms with Gasteiger partial charge in [-0.25, -0.2) is 4.98 Å². The van der Waals surface area contributed by atoms with Gasteiger partial charge in [-0.05, 0) is 30.3 Å². The predicted molar refractivity (Wildman–Crippen MR) is 103 cm³/mol. The topological polar surface area (TPSA) is 63.9 Å². The highest BCUT2D eigenvalue weighted by Gasteiger charge is 2.24. The molecule has 0 aliphatic heterocycles. The molecule has 0 saturated carbocycles. The van der Waals surface area contributed by atoms with Crippen LogP contribution in [0.1, 0.15) is 16.2 Å². The van der Waals surface area contributed by atoms with Crippen LogP contribution in [0.5, 0.6) is 0 Å². The van der Waals surface area contributed by atoms with E-state index in [9.17, 15) is 4.79 Å². The minimum absolute atomic E-state index is 0.189. The molecule has 0 fully saturated rings. The number of fused-ring (bicyclic) bond motifs is 1. The van der Waals surface area contributed by atoms with E-state index in [1.807, 2.05) is 30.3 Å². The molecule has 0 atom stereocenters. The third-order valence-electron chi connectivity index (χ3n) is 3.92. The van der Waals surface area contributed by atoms with Crippen molar-refractivity contribution in [3.63, 3.8) is 0 Å². The molecular weight excluding hydrogens is 370 g/mol. The van der Waals surface area contributed by atoms with Crippen molar-refractivity contribution < 1.29 is 4.79 Å². The van der Waals surface area contributed by atoms with Gasteiger partial charge in [-0.2, -0.15) is 5.10 Å². The number of carbonyl (C=O) groups is 1. The Bertz CT molecular complexity index is 1080. The van der Waals surface area contributed by atoms with Crippen molar-refractivity contribution >= 4 is 44.2 Å². The van der Waals surface area contributed by atoms with Gasteiger partial charge in [0.1, 0.15) is 11.2 Å². The van der Waals surface area contributed by atoms with Crippen LogP contribution in [0, 0.1) is 0 Å². The molecule has 0 aliphatic rings. The SMILES string of the molecule is Cn1nccc1C(=O)N(Cc1ccccn1)c1nc2c(Cl)cccc2s1. The van der Waals surface area contributed by atoms with Gasteiger partial charge < -0.3 is 0 Å². The molecule has 4 rings (SSSR count). The number of halogens is 1. The van der Waals surface area contributed by atoms with E-state index in [-0.39, 0.29) is 5.91 Å². The zero-order valence-electron chi connectivity index (χ0n) is 13.8. The van der Waals surface area contributed by atoms with Crippen LogP contribution in [0.2, 0.25) is 5.02 Å². The van der Waals surface area contributed by atoms with Crippen molar-refractivity contribution in [2.24, 2.45) is 7.05 Å². The summed E-state index contributed by atoms with van der Waals surface area (Å²) in [4.78, 5) is 23.7. The number of hydrogen-bond acceptors (Lipinski definition) is 5. The van der Waals surface area contributed by atoms with Crippen LogP contribution in [0.15, 0.2) is 54.9 Å². The zero-order chi connectivity index (χ0) is 18.1. The number of rotatable bonds is 4. The fourth-order valence-electron chi connectivity index (χ4n) is 2.62. The van der Waals surface area contributed by atoms with Crippen molar-refractivity contribution in [1.82, 2.24) is 19.7 Å². The molecular formula is C18H14ClN5OS. The third-order valence-corrected chi connectivity index (χ3v) is 5.27. The molecule has 0 bridgehead atoms. The highest BCUT2D eigenvalue weighted by molar-refractivity contribution is 7.22. The van der Waals surface area contributed by atoms with E-state index in [1.165, 1.54) is 11.3 Å². The van der Waals surface area contributed by atoms with Gasteiger partial charge in [0, 0.05) is 19.4 Å². The molecule has 0 N–H and O–H groups in total. The highest BCUT2D eigenvalue weighted by atomic mass is 35.5. The first kappa shape index (κ1) is 16.7. The first-order chi connectivity index (χ1) is 12.6. The number of pyridine rings is 1. The van der Waals surface area contributed by atoms with Crippen molar-refractivity contribution in [2.75, 3.05) is 4.90 Å². The lowest BCUT2D eigenvalue weighted by molar-refractivity contribution is 0.0975. The van der Waals surface area contributed by atoms with E-state index in [0.29, 0.717) is 27.9 Å². The molecule has 0 radical (unpaired) electrons. The molecule has 130 valence electrons. The van der Waals surface area contributed by atoms with E-state index in [1.54, 1.807) is 41.2 Å². The number of aromatic nitrogens is 4. The second-order valence-electron chi connectivity index (χ2n) is 5.64. The fraction of sp³-hybridized carbons (Fsp3) is 0.111. The molecule has 1 aromatic carbocycles. The summed E-state index contributed by atoms with van der Waals surface area (Å²) in [6, 6.07) is 12.9. The van der Waals surface area contributed by atoms with Gasteiger partial charge in [0.15, 0.2) is 5.13 Å². The Labute approximate surface area is 158 Å². The van der Waals surface area contributed by atoms with Crippen LogP contribution in [0.3, 0.4) is 0 Å². The summed E-state index contributed by atoms with van der Waals surface area (Å²) in [5.74, 6) is -0.189. The number of thiazole rings is 1. The lowest BCUT2D eigenvalue weighted by Gasteiger charge is -2.19. The normalized spacial score (nSPS) is 11.0. The lowest BCUT2D eigenvalue weighted by Crippen LogP contribution is -2.32. The second kappa shape index (κ2) is 6.86. The van der Waals surface area contributed by atoms with E-state index < -0.39 is 0 Å². The first-order valence-corrected chi connectivity index (χ1v) is 9.08. The largest absolute Gasteiger partial charge is 0.278 e. The van der Waals surface area contributed by atoms with Crippen molar-refractivity contribution in [1.29, 1.82) is 0 Å². The van der Waals surface area contributed by atoms with Crippen molar-refractivity contribution in [3.05, 3.63) is 71.3 Å². The maximum atomic E-state index is 13.2. The lowest BCUT2D eigenvalue weighted by atomic mass is 10.3. The first-order valence-electron chi connectivity index (χ1n) is 7.88. The van der Waals surface area contributed by atoms with Crippen LogP contribution >= 0.6 is 22.9 Å². The predicted octanol–water partition coefficient (Wildman–Crippen LogP) is 3.93. The van der Waals surface area contributed by atoms with E-state index in [0.717, 1.165) is 10.4 Å². The summed E-state index contributed by atoms with van der Waals surface area (Å²) in [6.07, 6.45) is 3.30. The van der Waals surface area contributed by atoms with Gasteiger partial charge in [-0.1, -0.05) is 35.1 Å². The van der Waals surface area contributed by atoms with Crippen molar-refractivity contribution in [3.8, 4) is 0 Å². The summed E-state index contributed by atoms with van der Waals surface area (Å²) in [7, 11) is 1.74. The minimum atomic E-state index is -0.189. The molecule has 0 saturated heterocycles. The molecule has 0 spiro atoms. The summed E-state index contributed by atoms with van der Waals surface area (Å²) < 4.78 is 2.48. The summed E-state index contributed by atoms with van der Waals surface area (Å²) in [6.45, 7) is 0.308. The molecule has 3 heterocycles. The summed E-state index contributed by atoms with van der Waals surface area (Å²) in [5, 5.41) is 5.23. The Morgan fingerprint density at radius 3 is 2.77 bits per heavy atom. The number of benzene rings is 1. The Balaban J connectivity index is 1.80. The number of amides is 1. The highest BCUT2D eigenvalue weighted by Crippen LogP contribution is 2.34. The molecule has 8 heteroatoms. The van der Waals surface area contributed by atoms with Crippen LogP contribution in [0.25, 0.3) is 10.2 Å². The minimum Gasteiger partial charge on any atom is -0.277 e. The Morgan fingerprint density at radius 1 is 1.19 bits per heavy atom. The average molecular weight is 384 g/mol. The fourth-order valence-corrected chi connectivity index (χ4v) is 3.88. The number of hydrogen-bond donors (Lipinski definition) is 0. The molecule has 1 amide bonds. The number of anilines is 1. The zero-order valence-corrected chi connectivity index (χ0v) is 15.4. The molecule has 3 aromatic heterocycles. The van der Waals surface area contributed by atoms with Crippen LogP contribution < -0.4 is 4.90 Å². The van der Waals surface area contributed by atoms with Gasteiger partial charge in [0.05, 0.1) is 22.0 Å². The Kier molecular flexibility index (Phi) is 4.40. The average Bonchev–Trinajstić information content (AvgIpc) is 3.27. The van der Waals surface area contributed by atoms with E-state index in [2.05, 4.69) is 15.1 Å². The quantitative estimate of drug-likeness (QED) is 0.535. The van der Waals surface area contributed by atoms with Gasteiger partial charge in [0.25, 0.3) is 5.91 Å². The molecule has 0 unspecified atom stereocenters. The van der Waals surface area contributed by atoms with E-state index >= 15 is 0 Å². The van der Waals surface area contributed by atoms with Crippen LogP contribution in [-0.2, 0) is 13.6 Å². The number of aryl methyl sites for hydroxylation is 1. The maximum absolute atomic E-state index is 13.2. The second-order valence-corrected chi connectivity index (χ2v) is 7.05. The number of para-hydroxylation sites is 1. The molecule has 26 heavy (non-hydrogen) atoms. The standard InChI is InChI=1S/C18H14ClN5OS/c1-23-14(8-10-21-23)17(25)24(11-12-5-2-3-9-20-12)18-22-16-13(19)6-4-7-15(16)26-18/h2-10H,11H2,1H3. The smallest absolute Gasteiger partial charge is 0.277 e. The monoisotopic (exact) mass is 383 g/mol. The number of carbonyl (C=O) groups excluding carboxylic acids is 1. The number of nitrogens with zero attached hydrogens (tertiary/aromatic N) is 5. The van der Waals surface area contributed by atoms with Gasteiger partial charge >= 0.3 is 0 Å². The van der Waals surface area contributed by atoms with Gasteiger partial charge in [-0.15, -0.1) is 0 Å². The third kappa shape index (κ3) is 3.07. The summed E-state index contributed by atoms with van der Waals surface area (Å²) >= 11 is 7.68. The van der Waals surface area contributed by atoms with Crippen molar-refractivity contribution in [2.45, 2.75) is 6.54 Å².